The molecule has 2 aromatic carbocycles. The Morgan fingerprint density at radius 3 is 2.47 bits per heavy atom. The van der Waals surface area contributed by atoms with Gasteiger partial charge in [-0.1, -0.05) is 36.0 Å². The molecule has 9 heteroatoms. The summed E-state index contributed by atoms with van der Waals surface area (Å²) in [4.78, 5) is 33.9. The first-order valence-corrected chi connectivity index (χ1v) is 9.83. The van der Waals surface area contributed by atoms with E-state index in [9.17, 15) is 18.4 Å². The molecule has 150 valence electrons. The quantitative estimate of drug-likeness (QED) is 0.390. The van der Waals surface area contributed by atoms with E-state index < -0.39 is 23.2 Å². The Hall–Kier alpha value is -3.59. The molecule has 0 aliphatic heterocycles. The van der Waals surface area contributed by atoms with Gasteiger partial charge >= 0.3 is 0 Å². The van der Waals surface area contributed by atoms with Crippen LogP contribution in [0.25, 0.3) is 16.7 Å². The van der Waals surface area contributed by atoms with Gasteiger partial charge in [-0.05, 0) is 36.4 Å². The molecule has 0 atom stereocenters. The van der Waals surface area contributed by atoms with Gasteiger partial charge in [0.05, 0.1) is 16.8 Å². The number of hydrogen-bond donors (Lipinski definition) is 1. The van der Waals surface area contributed by atoms with Crippen LogP contribution >= 0.6 is 11.8 Å². The lowest BCUT2D eigenvalue weighted by atomic mass is 10.3. The molecule has 0 spiro atoms. The van der Waals surface area contributed by atoms with Crippen LogP contribution in [0.2, 0.25) is 0 Å². The number of carbonyl (C=O) groups is 1. The Bertz CT molecular complexity index is 1280. The number of halogens is 2. The number of rotatable bonds is 5. The molecule has 0 aliphatic carbocycles. The topological polar surface area (TPSA) is 76.9 Å². The van der Waals surface area contributed by atoms with Gasteiger partial charge in [0.15, 0.2) is 10.8 Å². The van der Waals surface area contributed by atoms with Gasteiger partial charge in [0.2, 0.25) is 5.91 Å². The molecule has 4 aromatic rings. The fourth-order valence-electron chi connectivity index (χ4n) is 2.83. The van der Waals surface area contributed by atoms with Crippen molar-refractivity contribution in [2.45, 2.75) is 5.16 Å². The van der Waals surface area contributed by atoms with Crippen molar-refractivity contribution in [3.8, 4) is 5.69 Å². The smallest absolute Gasteiger partial charge is 0.268 e. The van der Waals surface area contributed by atoms with Gasteiger partial charge in [-0.3, -0.25) is 14.2 Å². The third kappa shape index (κ3) is 3.92. The SMILES string of the molecule is O=C(CSc1nc2ncccc2c(=O)n1-c1ccccc1)Nc1c(F)cccc1F. The fourth-order valence-corrected chi connectivity index (χ4v) is 3.63. The standard InChI is InChI=1S/C21H14F2N4O2S/c22-15-9-4-10-16(23)18(15)25-17(28)12-30-21-26-19-14(8-5-11-24-19)20(29)27(21)13-6-2-1-3-7-13/h1-11H,12H2,(H,25,28). The number of carbonyl (C=O) groups excluding carboxylic acids is 1. The molecule has 0 radical (unpaired) electrons. The lowest BCUT2D eigenvalue weighted by Gasteiger charge is -2.13. The van der Waals surface area contributed by atoms with E-state index in [1.165, 1.54) is 16.8 Å². The van der Waals surface area contributed by atoms with Crippen LogP contribution in [0.5, 0.6) is 0 Å². The van der Waals surface area contributed by atoms with E-state index in [1.54, 1.807) is 36.4 Å². The number of fused-ring (bicyclic) bond motifs is 1. The molecule has 1 amide bonds. The van der Waals surface area contributed by atoms with E-state index >= 15 is 0 Å². The third-order valence-corrected chi connectivity index (χ3v) is 5.13. The number of hydrogen-bond acceptors (Lipinski definition) is 5. The molecular weight excluding hydrogens is 410 g/mol. The molecule has 0 unspecified atom stereocenters. The second kappa shape index (κ2) is 8.42. The Kier molecular flexibility index (Phi) is 5.53. The van der Waals surface area contributed by atoms with Crippen molar-refractivity contribution in [2.75, 3.05) is 11.1 Å². The number of amides is 1. The predicted molar refractivity (Wildman–Crippen MR) is 111 cm³/mol. The van der Waals surface area contributed by atoms with E-state index in [2.05, 4.69) is 15.3 Å². The fraction of sp³-hybridized carbons (Fsp3) is 0.0476. The molecule has 0 aliphatic rings. The van der Waals surface area contributed by atoms with E-state index in [0.717, 1.165) is 23.9 Å². The predicted octanol–water partition coefficient (Wildman–Crippen LogP) is 3.79. The summed E-state index contributed by atoms with van der Waals surface area (Å²) in [6, 6.07) is 15.4. The van der Waals surface area contributed by atoms with Gasteiger partial charge in [0, 0.05) is 6.20 Å². The molecule has 0 saturated carbocycles. The lowest BCUT2D eigenvalue weighted by Crippen LogP contribution is -2.23. The van der Waals surface area contributed by atoms with Crippen LogP contribution in [-0.2, 0) is 4.79 Å². The van der Waals surface area contributed by atoms with Gasteiger partial charge in [-0.15, -0.1) is 0 Å². The Morgan fingerprint density at radius 2 is 1.73 bits per heavy atom. The normalized spacial score (nSPS) is 10.9. The minimum atomic E-state index is -0.873. The van der Waals surface area contributed by atoms with Crippen LogP contribution in [0.15, 0.2) is 76.8 Å². The van der Waals surface area contributed by atoms with Crippen molar-refractivity contribution >= 4 is 34.4 Å². The van der Waals surface area contributed by atoms with Crippen LogP contribution in [0.1, 0.15) is 0 Å². The number of anilines is 1. The van der Waals surface area contributed by atoms with Crippen LogP contribution in [-0.4, -0.2) is 26.2 Å². The second-order valence-corrected chi connectivity index (χ2v) is 7.12. The molecule has 0 saturated heterocycles. The van der Waals surface area contributed by atoms with Crippen molar-refractivity contribution in [3.63, 3.8) is 0 Å². The number of pyridine rings is 1. The van der Waals surface area contributed by atoms with Gasteiger partial charge < -0.3 is 5.32 Å². The summed E-state index contributed by atoms with van der Waals surface area (Å²) in [7, 11) is 0. The number of benzene rings is 2. The van der Waals surface area contributed by atoms with Gasteiger partial charge in [-0.2, -0.15) is 0 Å². The summed E-state index contributed by atoms with van der Waals surface area (Å²) in [6.45, 7) is 0. The maximum atomic E-state index is 13.8. The molecule has 0 fully saturated rings. The Labute approximate surface area is 173 Å². The zero-order chi connectivity index (χ0) is 21.1. The van der Waals surface area contributed by atoms with Crippen molar-refractivity contribution in [3.05, 3.63) is 88.8 Å². The molecule has 0 bridgehead atoms. The largest absolute Gasteiger partial charge is 0.320 e. The van der Waals surface area contributed by atoms with Crippen LogP contribution in [0, 0.1) is 11.6 Å². The summed E-state index contributed by atoms with van der Waals surface area (Å²) >= 11 is 0.965. The molecule has 2 heterocycles. The van der Waals surface area contributed by atoms with Crippen LogP contribution < -0.4 is 10.9 Å². The van der Waals surface area contributed by atoms with Gasteiger partial charge in [0.1, 0.15) is 17.3 Å². The maximum Gasteiger partial charge on any atom is 0.268 e. The highest BCUT2D eigenvalue weighted by Gasteiger charge is 2.17. The minimum absolute atomic E-state index is 0.217. The number of thioether (sulfide) groups is 1. The van der Waals surface area contributed by atoms with Crippen LogP contribution in [0.4, 0.5) is 14.5 Å². The second-order valence-electron chi connectivity index (χ2n) is 6.18. The van der Waals surface area contributed by atoms with E-state index in [-0.39, 0.29) is 22.1 Å². The van der Waals surface area contributed by atoms with E-state index in [0.29, 0.717) is 11.1 Å². The average Bonchev–Trinajstić information content (AvgIpc) is 2.76. The summed E-state index contributed by atoms with van der Waals surface area (Å²) < 4.78 is 28.9. The highest BCUT2D eigenvalue weighted by atomic mass is 32.2. The number of nitrogens with one attached hydrogen (secondary N) is 1. The molecule has 1 N–H and O–H groups in total. The van der Waals surface area contributed by atoms with Crippen LogP contribution in [0.3, 0.4) is 0 Å². The van der Waals surface area contributed by atoms with Crippen molar-refractivity contribution in [1.82, 2.24) is 14.5 Å². The molecule has 30 heavy (non-hydrogen) atoms. The van der Waals surface area contributed by atoms with Gasteiger partial charge in [0.25, 0.3) is 5.56 Å². The highest BCUT2D eigenvalue weighted by molar-refractivity contribution is 7.99. The van der Waals surface area contributed by atoms with Crippen molar-refractivity contribution < 1.29 is 13.6 Å². The zero-order valence-electron chi connectivity index (χ0n) is 15.4. The van der Waals surface area contributed by atoms with Crippen molar-refractivity contribution in [2.24, 2.45) is 0 Å². The minimum Gasteiger partial charge on any atom is -0.320 e. The highest BCUT2D eigenvalue weighted by Crippen LogP contribution is 2.22. The lowest BCUT2D eigenvalue weighted by molar-refractivity contribution is -0.113. The molecule has 4 rings (SSSR count). The third-order valence-electron chi connectivity index (χ3n) is 4.19. The Balaban J connectivity index is 1.67. The summed E-state index contributed by atoms with van der Waals surface area (Å²) in [6.07, 6.45) is 1.52. The number of aromatic nitrogens is 3. The van der Waals surface area contributed by atoms with Crippen molar-refractivity contribution in [1.29, 1.82) is 0 Å². The molecule has 6 nitrogen and oxygen atoms in total. The first-order valence-electron chi connectivity index (χ1n) is 8.84. The number of para-hydroxylation sites is 2. The maximum absolute atomic E-state index is 13.8. The molecule has 2 aromatic heterocycles. The Morgan fingerprint density at radius 1 is 1.00 bits per heavy atom. The molecular formula is C21H14F2N4O2S. The van der Waals surface area contributed by atoms with E-state index in [1.807, 2.05) is 6.07 Å². The first-order chi connectivity index (χ1) is 14.5. The monoisotopic (exact) mass is 424 g/mol. The summed E-state index contributed by atoms with van der Waals surface area (Å²) in [5.41, 5.74) is -0.0272. The first kappa shape index (κ1) is 19.7. The zero-order valence-corrected chi connectivity index (χ0v) is 16.2. The summed E-state index contributed by atoms with van der Waals surface area (Å²) in [5, 5.41) is 2.79. The van der Waals surface area contributed by atoms with Gasteiger partial charge in [-0.25, -0.2) is 18.7 Å². The number of nitrogens with zero attached hydrogens (tertiary/aromatic N) is 3. The van der Waals surface area contributed by atoms with E-state index in [4.69, 9.17) is 0 Å². The average molecular weight is 424 g/mol. The summed E-state index contributed by atoms with van der Waals surface area (Å²) in [5.74, 6) is -2.60.